The summed E-state index contributed by atoms with van der Waals surface area (Å²) in [5.74, 6) is 0. The van der Waals surface area contributed by atoms with E-state index in [4.69, 9.17) is 0 Å². The maximum Gasteiger partial charge on any atom is 0.0473 e. The molecule has 0 aliphatic rings. The highest BCUT2D eigenvalue weighted by Gasteiger charge is 2.18. The van der Waals surface area contributed by atoms with Crippen molar-refractivity contribution in [3.63, 3.8) is 0 Å². The first-order valence-electron chi connectivity index (χ1n) is 16.3. The van der Waals surface area contributed by atoms with Crippen LogP contribution in [0.2, 0.25) is 0 Å². The third-order valence-electron chi connectivity index (χ3n) is 9.86. The minimum absolute atomic E-state index is 1.14. The third kappa shape index (κ3) is 4.10. The summed E-state index contributed by atoms with van der Waals surface area (Å²) in [6, 6.07) is 64.6. The molecule has 0 bridgehead atoms. The molecule has 0 N–H and O–H groups in total. The fraction of sp³-hybridized carbons (Fsp3) is 0. The van der Waals surface area contributed by atoms with Gasteiger partial charge in [0.2, 0.25) is 0 Å². The topological polar surface area (TPSA) is 3.24 Å². The van der Waals surface area contributed by atoms with Gasteiger partial charge in [-0.15, -0.1) is 0 Å². The molecule has 0 heterocycles. The van der Waals surface area contributed by atoms with Crippen LogP contribution >= 0.6 is 0 Å². The number of hydrogen-bond donors (Lipinski definition) is 0. The van der Waals surface area contributed by atoms with E-state index in [9.17, 15) is 0 Å². The summed E-state index contributed by atoms with van der Waals surface area (Å²) in [6.07, 6.45) is 0. The Hall–Kier alpha value is -6.18. The summed E-state index contributed by atoms with van der Waals surface area (Å²) in [5.41, 5.74) is 5.98. The summed E-state index contributed by atoms with van der Waals surface area (Å²) in [5, 5.41) is 15.3. The zero-order valence-electron chi connectivity index (χ0n) is 25.7. The second-order valence-electron chi connectivity index (χ2n) is 12.6. The number of nitrogens with zero attached hydrogens (tertiary/aromatic N) is 1. The number of anilines is 3. The van der Waals surface area contributed by atoms with Crippen molar-refractivity contribution in [2.24, 2.45) is 0 Å². The fourth-order valence-electron chi connectivity index (χ4n) is 7.74. The molecule has 0 spiro atoms. The molecule has 218 valence electrons. The molecule has 0 aliphatic carbocycles. The van der Waals surface area contributed by atoms with Crippen LogP contribution in [0.4, 0.5) is 17.1 Å². The number of hydrogen-bond acceptors (Lipinski definition) is 1. The van der Waals surface area contributed by atoms with Crippen molar-refractivity contribution in [2.45, 2.75) is 0 Å². The molecule has 0 saturated carbocycles. The van der Waals surface area contributed by atoms with Crippen molar-refractivity contribution < 1.29 is 0 Å². The first-order valence-corrected chi connectivity index (χ1v) is 16.3. The lowest BCUT2D eigenvalue weighted by Gasteiger charge is -2.27. The van der Waals surface area contributed by atoms with Crippen LogP contribution in [0.15, 0.2) is 176 Å². The molecule has 10 aromatic carbocycles. The predicted molar refractivity (Wildman–Crippen MR) is 203 cm³/mol. The number of fused-ring (bicyclic) bond motifs is 4. The van der Waals surface area contributed by atoms with Gasteiger partial charge in [-0.05, 0) is 130 Å². The van der Waals surface area contributed by atoms with Crippen LogP contribution < -0.4 is 4.90 Å². The van der Waals surface area contributed by atoms with E-state index in [1.165, 1.54) is 75.8 Å². The molecule has 0 atom stereocenters. The van der Waals surface area contributed by atoms with Crippen LogP contribution in [0.25, 0.3) is 75.8 Å². The summed E-state index contributed by atoms with van der Waals surface area (Å²) in [4.78, 5) is 2.38. The van der Waals surface area contributed by atoms with E-state index in [0.717, 1.165) is 17.1 Å². The van der Waals surface area contributed by atoms with Gasteiger partial charge in [-0.1, -0.05) is 121 Å². The molecule has 47 heavy (non-hydrogen) atoms. The summed E-state index contributed by atoms with van der Waals surface area (Å²) < 4.78 is 0. The molecular formula is C46H29N. The highest BCUT2D eigenvalue weighted by atomic mass is 15.1. The second-order valence-corrected chi connectivity index (χ2v) is 12.6. The highest BCUT2D eigenvalue weighted by Crippen LogP contribution is 2.44. The van der Waals surface area contributed by atoms with E-state index in [2.05, 4.69) is 181 Å². The SMILES string of the molecule is c1ccc(N(c2ccc3ccccc3c2)c2cc3ccc4cc(-c5cc6ccccc6c6ccccc56)cc5ccc(c2)c3c45)cc1. The van der Waals surface area contributed by atoms with Crippen molar-refractivity contribution in [1.82, 2.24) is 0 Å². The lowest BCUT2D eigenvalue weighted by atomic mass is 9.88. The van der Waals surface area contributed by atoms with E-state index >= 15 is 0 Å². The van der Waals surface area contributed by atoms with Crippen molar-refractivity contribution in [1.29, 1.82) is 0 Å². The zero-order chi connectivity index (χ0) is 30.9. The summed E-state index contributed by atoms with van der Waals surface area (Å²) in [6.45, 7) is 0. The molecule has 1 nitrogen and oxygen atoms in total. The lowest BCUT2D eigenvalue weighted by molar-refractivity contribution is 1.30. The van der Waals surface area contributed by atoms with Gasteiger partial charge in [0.1, 0.15) is 0 Å². The van der Waals surface area contributed by atoms with Gasteiger partial charge in [-0.2, -0.15) is 0 Å². The zero-order valence-corrected chi connectivity index (χ0v) is 25.7. The van der Waals surface area contributed by atoms with Gasteiger partial charge in [0.05, 0.1) is 0 Å². The largest absolute Gasteiger partial charge is 0.310 e. The van der Waals surface area contributed by atoms with Gasteiger partial charge in [0.15, 0.2) is 0 Å². The predicted octanol–water partition coefficient (Wildman–Crippen LogP) is 13.2. The number of rotatable bonds is 4. The van der Waals surface area contributed by atoms with Gasteiger partial charge in [-0.25, -0.2) is 0 Å². The van der Waals surface area contributed by atoms with Crippen LogP contribution in [0, 0.1) is 0 Å². The standard InChI is InChI=1S/C46H29N/c1-2-13-38(14-3-1)47(39-23-22-30-10-4-5-11-31(30)26-39)40-27-35-20-18-33-24-37(25-34-19-21-36(28-40)46(35)45(33)34)44-29-32-12-6-7-15-41(32)42-16-8-9-17-43(42)44/h1-29H. The van der Waals surface area contributed by atoms with E-state index in [1.807, 2.05) is 0 Å². The molecule has 0 saturated heterocycles. The van der Waals surface area contributed by atoms with Gasteiger partial charge < -0.3 is 4.90 Å². The highest BCUT2D eigenvalue weighted by molar-refractivity contribution is 6.25. The molecule has 0 aliphatic heterocycles. The number of benzene rings is 10. The van der Waals surface area contributed by atoms with Crippen LogP contribution in [0.3, 0.4) is 0 Å². The first-order chi connectivity index (χ1) is 23.3. The minimum atomic E-state index is 1.14. The molecule has 1 heteroatoms. The Morgan fingerprint density at radius 1 is 0.277 bits per heavy atom. The van der Waals surface area contributed by atoms with Gasteiger partial charge in [-0.3, -0.25) is 0 Å². The van der Waals surface area contributed by atoms with Gasteiger partial charge in [0.25, 0.3) is 0 Å². The molecule has 0 radical (unpaired) electrons. The molecule has 0 fully saturated rings. The smallest absolute Gasteiger partial charge is 0.0473 e. The molecule has 10 rings (SSSR count). The molecule has 10 aromatic rings. The Kier molecular flexibility index (Phi) is 5.64. The second kappa shape index (κ2) is 10.2. The van der Waals surface area contributed by atoms with Crippen LogP contribution in [0.1, 0.15) is 0 Å². The van der Waals surface area contributed by atoms with Crippen molar-refractivity contribution in [3.8, 4) is 11.1 Å². The monoisotopic (exact) mass is 595 g/mol. The maximum absolute atomic E-state index is 2.39. The molecule has 0 aromatic heterocycles. The van der Waals surface area contributed by atoms with Crippen LogP contribution in [-0.2, 0) is 0 Å². The molecular weight excluding hydrogens is 567 g/mol. The normalized spacial score (nSPS) is 11.8. The van der Waals surface area contributed by atoms with E-state index < -0.39 is 0 Å². The van der Waals surface area contributed by atoms with Crippen molar-refractivity contribution in [2.75, 3.05) is 4.90 Å². The van der Waals surface area contributed by atoms with Gasteiger partial charge >= 0.3 is 0 Å². The van der Waals surface area contributed by atoms with Crippen LogP contribution in [-0.4, -0.2) is 0 Å². The van der Waals surface area contributed by atoms with Gasteiger partial charge in [0, 0.05) is 17.1 Å². The van der Waals surface area contributed by atoms with Crippen molar-refractivity contribution in [3.05, 3.63) is 176 Å². The minimum Gasteiger partial charge on any atom is -0.310 e. The molecule has 0 amide bonds. The Morgan fingerprint density at radius 3 is 1.49 bits per heavy atom. The Labute approximate surface area is 272 Å². The average Bonchev–Trinajstić information content (AvgIpc) is 3.14. The van der Waals surface area contributed by atoms with E-state index in [0.29, 0.717) is 0 Å². The fourth-order valence-corrected chi connectivity index (χ4v) is 7.74. The average molecular weight is 596 g/mol. The molecule has 0 unspecified atom stereocenters. The summed E-state index contributed by atoms with van der Waals surface area (Å²) in [7, 11) is 0. The lowest BCUT2D eigenvalue weighted by Crippen LogP contribution is -2.10. The quantitative estimate of drug-likeness (QED) is 0.183. The summed E-state index contributed by atoms with van der Waals surface area (Å²) >= 11 is 0. The third-order valence-corrected chi connectivity index (χ3v) is 9.86. The van der Waals surface area contributed by atoms with Crippen molar-refractivity contribution >= 4 is 81.7 Å². The first kappa shape index (κ1) is 26.1. The Bertz CT molecular complexity index is 2730. The van der Waals surface area contributed by atoms with Crippen LogP contribution in [0.5, 0.6) is 0 Å². The maximum atomic E-state index is 2.39. The Morgan fingerprint density at radius 2 is 0.787 bits per heavy atom. The van der Waals surface area contributed by atoms with E-state index in [1.54, 1.807) is 0 Å². The number of para-hydroxylation sites is 1. The van der Waals surface area contributed by atoms with E-state index in [-0.39, 0.29) is 0 Å². The Balaban J connectivity index is 1.17.